The van der Waals surface area contributed by atoms with E-state index in [-0.39, 0.29) is 11.4 Å². The van der Waals surface area contributed by atoms with Gasteiger partial charge < -0.3 is 10.1 Å². The van der Waals surface area contributed by atoms with E-state index in [4.69, 9.17) is 9.94 Å². The van der Waals surface area contributed by atoms with E-state index in [1.807, 2.05) is 20.8 Å². The highest BCUT2D eigenvalue weighted by Gasteiger charge is 2.19. The molecule has 0 bridgehead atoms. The predicted octanol–water partition coefficient (Wildman–Crippen LogP) is 1.60. The molecule has 0 aromatic carbocycles. The summed E-state index contributed by atoms with van der Waals surface area (Å²) in [6.07, 6.45) is 4.46. The molecule has 0 unspecified atom stereocenters. The number of hydrogen-bond acceptors (Lipinski definition) is 6. The molecule has 0 fully saturated rings. The molecule has 3 N–H and O–H groups in total. The van der Waals surface area contributed by atoms with Gasteiger partial charge in [0.05, 0.1) is 0 Å². The Kier molecular flexibility index (Phi) is 4.65. The van der Waals surface area contributed by atoms with Gasteiger partial charge >= 0.3 is 0 Å². The Morgan fingerprint density at radius 2 is 2.13 bits per heavy atom. The second-order valence-electron chi connectivity index (χ2n) is 5.85. The van der Waals surface area contributed by atoms with Gasteiger partial charge in [-0.15, -0.1) is 0 Å². The molecule has 2 aromatic rings. The molecule has 122 valence electrons. The van der Waals surface area contributed by atoms with E-state index in [2.05, 4.69) is 10.3 Å². The fourth-order valence-corrected chi connectivity index (χ4v) is 1.94. The van der Waals surface area contributed by atoms with Gasteiger partial charge in [0.25, 0.3) is 18.3 Å². The summed E-state index contributed by atoms with van der Waals surface area (Å²) in [6.45, 7) is 6.22. The Balaban J connectivity index is 2.50. The first kappa shape index (κ1) is 16.5. The number of ether oxygens (including phenoxy) is 1. The van der Waals surface area contributed by atoms with Gasteiger partial charge in [0.15, 0.2) is 5.82 Å². The molecule has 0 saturated heterocycles. The lowest BCUT2D eigenvalue weighted by Crippen LogP contribution is -2.27. The lowest BCUT2D eigenvalue weighted by Gasteiger charge is -2.21. The van der Waals surface area contributed by atoms with Crippen molar-refractivity contribution in [1.82, 2.24) is 14.9 Å². The molecular formula is C15H18N4O4. The molecule has 8 heteroatoms. The van der Waals surface area contributed by atoms with Crippen LogP contribution in [0.5, 0.6) is 5.88 Å². The number of hydrogen-bond donors (Lipinski definition) is 3. The second kappa shape index (κ2) is 6.49. The van der Waals surface area contributed by atoms with Crippen molar-refractivity contribution >= 4 is 29.9 Å². The maximum Gasteiger partial charge on any atom is 0.299 e. The van der Waals surface area contributed by atoms with Crippen LogP contribution in [0.2, 0.25) is 0 Å². The molecule has 2 heterocycles. The van der Waals surface area contributed by atoms with Crippen molar-refractivity contribution in [1.29, 1.82) is 0 Å². The van der Waals surface area contributed by atoms with E-state index in [9.17, 15) is 9.59 Å². The molecule has 8 nitrogen and oxygen atoms in total. The van der Waals surface area contributed by atoms with E-state index < -0.39 is 5.91 Å². The summed E-state index contributed by atoms with van der Waals surface area (Å²) >= 11 is 0. The van der Waals surface area contributed by atoms with Gasteiger partial charge in [-0.05, 0) is 44.5 Å². The van der Waals surface area contributed by atoms with Crippen LogP contribution < -0.4 is 15.5 Å². The topological polar surface area (TPSA) is 105 Å². The smallest absolute Gasteiger partial charge is 0.299 e. The number of carbonyl (C=O) groups is 2. The van der Waals surface area contributed by atoms with Crippen LogP contribution in [0.4, 0.5) is 5.82 Å². The predicted molar refractivity (Wildman–Crippen MR) is 84.2 cm³/mol. The number of imidazole rings is 1. The normalized spacial score (nSPS) is 11.7. The van der Waals surface area contributed by atoms with Gasteiger partial charge in [-0.1, -0.05) is 0 Å². The Bertz CT molecular complexity index is 759. The molecule has 0 aliphatic heterocycles. The lowest BCUT2D eigenvalue weighted by atomic mass is 10.1. The van der Waals surface area contributed by atoms with Crippen molar-refractivity contribution in [3.8, 4) is 5.88 Å². The third-order valence-electron chi connectivity index (χ3n) is 2.80. The Hall–Kier alpha value is -2.87. The number of aromatic nitrogens is 2. The highest BCUT2D eigenvalue weighted by molar-refractivity contribution is 5.90. The third-order valence-corrected chi connectivity index (χ3v) is 2.80. The van der Waals surface area contributed by atoms with Gasteiger partial charge in [0.1, 0.15) is 5.65 Å². The van der Waals surface area contributed by atoms with Crippen LogP contribution >= 0.6 is 0 Å². The molecule has 0 spiro atoms. The summed E-state index contributed by atoms with van der Waals surface area (Å²) in [4.78, 5) is 26.0. The molecule has 23 heavy (non-hydrogen) atoms. The monoisotopic (exact) mass is 318 g/mol. The number of pyridine rings is 1. The molecule has 2 aromatic heterocycles. The van der Waals surface area contributed by atoms with Crippen LogP contribution in [0.25, 0.3) is 11.7 Å². The first-order valence-electron chi connectivity index (χ1n) is 6.87. The van der Waals surface area contributed by atoms with E-state index >= 15 is 0 Å². The van der Waals surface area contributed by atoms with Crippen molar-refractivity contribution in [3.63, 3.8) is 0 Å². The Morgan fingerprint density at radius 3 is 2.74 bits per heavy atom. The van der Waals surface area contributed by atoms with Crippen LogP contribution in [-0.4, -0.2) is 32.5 Å². The van der Waals surface area contributed by atoms with Crippen molar-refractivity contribution < 1.29 is 19.5 Å². The van der Waals surface area contributed by atoms with E-state index in [0.29, 0.717) is 23.5 Å². The van der Waals surface area contributed by atoms with Gasteiger partial charge in [0, 0.05) is 17.8 Å². The third kappa shape index (κ3) is 4.07. The molecule has 0 saturated carbocycles. The van der Waals surface area contributed by atoms with Crippen LogP contribution in [-0.2, 0) is 9.59 Å². The standard InChI is InChI=1S/C15H18N4O4/c1-15(2,3)17-13-14(23-9-20)16-11-6-4-10(8-19(11)13)5-7-12(21)18-22/h4-9,17,22H,1-3H3,(H,18,21)/b7-5+. The van der Waals surface area contributed by atoms with Gasteiger partial charge in [-0.2, -0.15) is 4.98 Å². The van der Waals surface area contributed by atoms with Crippen molar-refractivity contribution in [2.45, 2.75) is 26.3 Å². The van der Waals surface area contributed by atoms with Crippen LogP contribution in [0.15, 0.2) is 24.4 Å². The Labute approximate surface area is 132 Å². The summed E-state index contributed by atoms with van der Waals surface area (Å²) in [6, 6.07) is 3.47. The molecule has 2 rings (SSSR count). The number of nitrogens with zero attached hydrogens (tertiary/aromatic N) is 2. The minimum absolute atomic E-state index is 0.171. The summed E-state index contributed by atoms with van der Waals surface area (Å²) < 4.78 is 6.66. The minimum atomic E-state index is -0.631. The largest absolute Gasteiger partial charge is 0.406 e. The number of rotatable bonds is 5. The van der Waals surface area contributed by atoms with E-state index in [0.717, 1.165) is 0 Å². The van der Waals surface area contributed by atoms with Crippen molar-refractivity contribution in [2.75, 3.05) is 5.32 Å². The fraction of sp³-hybridized carbons (Fsp3) is 0.267. The molecule has 0 atom stereocenters. The first-order valence-corrected chi connectivity index (χ1v) is 6.87. The first-order chi connectivity index (χ1) is 10.8. The van der Waals surface area contributed by atoms with E-state index in [1.165, 1.54) is 17.6 Å². The lowest BCUT2D eigenvalue weighted by molar-refractivity contribution is -0.124. The average Bonchev–Trinajstić information content (AvgIpc) is 2.81. The molecule has 1 amide bonds. The highest BCUT2D eigenvalue weighted by Crippen LogP contribution is 2.28. The summed E-state index contributed by atoms with van der Waals surface area (Å²) in [5, 5.41) is 11.7. The quantitative estimate of drug-likeness (QED) is 0.335. The minimum Gasteiger partial charge on any atom is -0.406 e. The number of nitrogens with one attached hydrogen (secondary N) is 2. The van der Waals surface area contributed by atoms with Gasteiger partial charge in [0.2, 0.25) is 0 Å². The SMILES string of the molecule is CC(C)(C)Nc1c(OC=O)nc2ccc(/C=C/C(=O)NO)cn12. The maximum absolute atomic E-state index is 11.1. The number of carbonyl (C=O) groups excluding carboxylic acids is 2. The molecule has 0 aliphatic carbocycles. The van der Waals surface area contributed by atoms with Crippen molar-refractivity contribution in [3.05, 3.63) is 30.0 Å². The zero-order chi connectivity index (χ0) is 17.0. The van der Waals surface area contributed by atoms with Gasteiger partial charge in [-0.25, -0.2) is 5.48 Å². The second-order valence-corrected chi connectivity index (χ2v) is 5.85. The van der Waals surface area contributed by atoms with Crippen molar-refractivity contribution in [2.24, 2.45) is 0 Å². The summed E-state index contributed by atoms with van der Waals surface area (Å²) in [5.41, 5.74) is 2.52. The number of fused-ring (bicyclic) bond motifs is 1. The zero-order valence-electron chi connectivity index (χ0n) is 13.0. The van der Waals surface area contributed by atoms with Crippen LogP contribution in [0, 0.1) is 0 Å². The zero-order valence-corrected chi connectivity index (χ0v) is 13.0. The number of anilines is 1. The molecule has 0 aliphatic rings. The highest BCUT2D eigenvalue weighted by atomic mass is 16.5. The molecule has 0 radical (unpaired) electrons. The van der Waals surface area contributed by atoms with Crippen LogP contribution in [0.3, 0.4) is 0 Å². The fourth-order valence-electron chi connectivity index (χ4n) is 1.94. The molecular weight excluding hydrogens is 300 g/mol. The van der Waals surface area contributed by atoms with Crippen LogP contribution in [0.1, 0.15) is 26.3 Å². The summed E-state index contributed by atoms with van der Waals surface area (Å²) in [7, 11) is 0. The summed E-state index contributed by atoms with van der Waals surface area (Å²) in [5.74, 6) is 0.0689. The Morgan fingerprint density at radius 1 is 1.39 bits per heavy atom. The maximum atomic E-state index is 11.1. The number of amides is 1. The number of hydroxylamine groups is 1. The average molecular weight is 318 g/mol. The van der Waals surface area contributed by atoms with Gasteiger partial charge in [-0.3, -0.25) is 19.2 Å². The van der Waals surface area contributed by atoms with E-state index in [1.54, 1.807) is 22.7 Å².